The molecule has 4 rings (SSSR count). The second-order valence-electron chi connectivity index (χ2n) is 9.16. The molecule has 0 saturated heterocycles. The van der Waals surface area contributed by atoms with Crippen molar-refractivity contribution in [1.82, 2.24) is 9.97 Å². The Kier molecular flexibility index (Phi) is 8.43. The zero-order valence-electron chi connectivity index (χ0n) is 19.5. The molecule has 1 saturated carbocycles. The second-order valence-corrected chi connectivity index (χ2v) is 9.94. The number of allylic oxidation sites excluding steroid dienone is 1. The monoisotopic (exact) mass is 500 g/mol. The summed E-state index contributed by atoms with van der Waals surface area (Å²) < 4.78 is 5.36. The zero-order valence-corrected chi connectivity index (χ0v) is 21.0. The molecule has 4 atom stereocenters. The average Bonchev–Trinajstić information content (AvgIpc) is 2.84. The Balaban J connectivity index is 1.33. The van der Waals surface area contributed by atoms with Crippen LogP contribution in [0.4, 0.5) is 0 Å². The van der Waals surface area contributed by atoms with Crippen LogP contribution in [-0.4, -0.2) is 34.8 Å². The summed E-state index contributed by atoms with van der Waals surface area (Å²) >= 11 is 12.1. The van der Waals surface area contributed by atoms with E-state index in [4.69, 9.17) is 27.9 Å². The van der Waals surface area contributed by atoms with Crippen LogP contribution in [0.2, 0.25) is 10.3 Å². The maximum Gasteiger partial charge on any atom is 0.131 e. The number of hydrogen-bond acceptors (Lipinski definition) is 4. The number of nitrogens with two attached hydrogens (primary N) is 1. The van der Waals surface area contributed by atoms with E-state index in [0.29, 0.717) is 34.7 Å². The number of ether oxygens (including phenoxy) is 1. The molecule has 1 aliphatic carbocycles. The Morgan fingerprint density at radius 3 is 2.74 bits per heavy atom. The first kappa shape index (κ1) is 24.9. The lowest BCUT2D eigenvalue weighted by Gasteiger charge is -2.33. The highest BCUT2D eigenvalue weighted by atomic mass is 35.5. The summed E-state index contributed by atoms with van der Waals surface area (Å²) in [5, 5.41) is 15.1. The molecular formula is C27H32Cl2N3O2+. The Morgan fingerprint density at radius 1 is 1.21 bits per heavy atom. The van der Waals surface area contributed by atoms with Crippen LogP contribution in [0, 0.1) is 11.8 Å². The summed E-state index contributed by atoms with van der Waals surface area (Å²) in [6.45, 7) is 4.73. The molecule has 2 heterocycles. The molecule has 2 aromatic heterocycles. The molecule has 0 bridgehead atoms. The standard InChI is InChI=1S/C27H31Cl2N3O2/c1-3-18-14-20(7-6-19(18)5-4-17-12-26(28)32-27(29)13-17)31-16-25(33)22-10-11-30-24-9-8-21(34-2)15-23(22)24/h3,8-13,15,18-20,25,31,33H,1,4-7,14,16H2,2H3/p+1. The summed E-state index contributed by atoms with van der Waals surface area (Å²) in [4.78, 5) is 8.45. The van der Waals surface area contributed by atoms with Crippen molar-refractivity contribution < 1.29 is 15.2 Å². The lowest BCUT2D eigenvalue weighted by atomic mass is 9.74. The van der Waals surface area contributed by atoms with E-state index in [0.717, 1.165) is 59.9 Å². The smallest absolute Gasteiger partial charge is 0.131 e. The number of pyridine rings is 2. The molecule has 1 aromatic carbocycles. The average molecular weight is 501 g/mol. The van der Waals surface area contributed by atoms with Gasteiger partial charge >= 0.3 is 0 Å². The lowest BCUT2D eigenvalue weighted by molar-refractivity contribution is -0.699. The van der Waals surface area contributed by atoms with Gasteiger partial charge < -0.3 is 15.2 Å². The highest BCUT2D eigenvalue weighted by molar-refractivity contribution is 6.32. The van der Waals surface area contributed by atoms with Crippen LogP contribution in [0.1, 0.15) is 42.9 Å². The normalized spacial score (nSPS) is 21.4. The molecule has 4 unspecified atom stereocenters. The predicted octanol–water partition coefficient (Wildman–Crippen LogP) is 5.15. The molecule has 180 valence electrons. The first-order valence-electron chi connectivity index (χ1n) is 11.9. The van der Waals surface area contributed by atoms with Crippen molar-refractivity contribution in [3.63, 3.8) is 0 Å². The van der Waals surface area contributed by atoms with Crippen LogP contribution >= 0.6 is 23.2 Å². The van der Waals surface area contributed by atoms with E-state index in [2.05, 4.69) is 27.9 Å². The molecule has 1 aliphatic rings. The van der Waals surface area contributed by atoms with E-state index < -0.39 is 6.10 Å². The van der Waals surface area contributed by atoms with Gasteiger partial charge in [-0.15, -0.1) is 6.58 Å². The van der Waals surface area contributed by atoms with Gasteiger partial charge in [0.25, 0.3) is 0 Å². The van der Waals surface area contributed by atoms with E-state index in [1.54, 1.807) is 13.3 Å². The van der Waals surface area contributed by atoms with Crippen LogP contribution in [0.25, 0.3) is 10.9 Å². The molecule has 34 heavy (non-hydrogen) atoms. The van der Waals surface area contributed by atoms with Gasteiger partial charge in [-0.1, -0.05) is 29.3 Å². The minimum Gasteiger partial charge on any atom is -0.497 e. The predicted molar refractivity (Wildman–Crippen MR) is 137 cm³/mol. The molecular weight excluding hydrogens is 469 g/mol. The number of aliphatic hydroxyl groups is 1. The van der Waals surface area contributed by atoms with Crippen LogP contribution in [0.15, 0.2) is 55.3 Å². The van der Waals surface area contributed by atoms with Gasteiger partial charge in [-0.2, -0.15) is 0 Å². The molecule has 0 amide bonds. The van der Waals surface area contributed by atoms with Gasteiger partial charge in [-0.3, -0.25) is 4.98 Å². The molecule has 3 aromatic rings. The van der Waals surface area contributed by atoms with Crippen molar-refractivity contribution >= 4 is 34.1 Å². The molecule has 3 N–H and O–H groups in total. The third-order valence-electron chi connectivity index (χ3n) is 7.05. The van der Waals surface area contributed by atoms with Crippen LogP contribution < -0.4 is 10.1 Å². The van der Waals surface area contributed by atoms with E-state index in [1.807, 2.05) is 36.4 Å². The number of aromatic nitrogens is 2. The number of benzene rings is 1. The maximum atomic E-state index is 11.0. The SMILES string of the molecule is C=CC1CC([NH2+]CC(O)c2ccnc3ccc(OC)cc23)CCC1CCc1cc(Cl)nc(Cl)c1. The van der Waals surface area contributed by atoms with Gasteiger partial charge in [0.15, 0.2) is 0 Å². The number of rotatable bonds is 9. The molecule has 0 aliphatic heterocycles. The molecule has 0 spiro atoms. The minimum atomic E-state index is -0.571. The highest BCUT2D eigenvalue weighted by Crippen LogP contribution is 2.34. The summed E-state index contributed by atoms with van der Waals surface area (Å²) in [7, 11) is 1.65. The van der Waals surface area contributed by atoms with Crippen molar-refractivity contribution in [1.29, 1.82) is 0 Å². The van der Waals surface area contributed by atoms with Gasteiger partial charge in [0.1, 0.15) is 28.7 Å². The molecule has 1 fully saturated rings. The summed E-state index contributed by atoms with van der Waals surface area (Å²) in [5.41, 5.74) is 2.89. The van der Waals surface area contributed by atoms with Crippen molar-refractivity contribution in [2.75, 3.05) is 13.7 Å². The van der Waals surface area contributed by atoms with E-state index in [9.17, 15) is 5.11 Å². The van der Waals surface area contributed by atoms with Crippen molar-refractivity contribution in [3.8, 4) is 5.75 Å². The van der Waals surface area contributed by atoms with Gasteiger partial charge in [-0.05, 0) is 85.0 Å². The number of hydrogen-bond donors (Lipinski definition) is 2. The molecule has 7 heteroatoms. The van der Waals surface area contributed by atoms with Crippen molar-refractivity contribution in [3.05, 3.63) is 76.7 Å². The maximum absolute atomic E-state index is 11.0. The van der Waals surface area contributed by atoms with Crippen LogP contribution in [0.3, 0.4) is 0 Å². The van der Waals surface area contributed by atoms with Gasteiger partial charge in [0.2, 0.25) is 0 Å². The van der Waals surface area contributed by atoms with Crippen LogP contribution in [0.5, 0.6) is 5.75 Å². The number of methoxy groups -OCH3 is 1. The second kappa shape index (κ2) is 11.5. The van der Waals surface area contributed by atoms with Gasteiger partial charge in [-0.25, -0.2) is 4.98 Å². The third kappa shape index (κ3) is 6.08. The summed E-state index contributed by atoms with van der Waals surface area (Å²) in [5.74, 6) is 1.82. The summed E-state index contributed by atoms with van der Waals surface area (Å²) in [6.07, 6.45) is 8.66. The fourth-order valence-corrected chi connectivity index (χ4v) is 5.69. The molecule has 0 radical (unpaired) electrons. The van der Waals surface area contributed by atoms with Gasteiger partial charge in [0.05, 0.1) is 18.7 Å². The van der Waals surface area contributed by atoms with Crippen molar-refractivity contribution in [2.24, 2.45) is 11.8 Å². The Bertz CT molecular complexity index is 1120. The largest absolute Gasteiger partial charge is 0.497 e. The number of nitrogens with zero attached hydrogens (tertiary/aromatic N) is 2. The number of aliphatic hydroxyl groups excluding tert-OH is 1. The number of halogens is 2. The Hall–Kier alpha value is -2.18. The number of aryl methyl sites for hydroxylation is 1. The fraction of sp³-hybridized carbons (Fsp3) is 0.407. The van der Waals surface area contributed by atoms with E-state index >= 15 is 0 Å². The fourth-order valence-electron chi connectivity index (χ4n) is 5.19. The molecule has 5 nitrogen and oxygen atoms in total. The summed E-state index contributed by atoms with van der Waals surface area (Å²) in [6, 6.07) is 11.9. The topological polar surface area (TPSA) is 71.9 Å². The first-order valence-corrected chi connectivity index (χ1v) is 12.6. The Morgan fingerprint density at radius 2 is 2.00 bits per heavy atom. The quantitative estimate of drug-likeness (QED) is 0.315. The highest BCUT2D eigenvalue weighted by Gasteiger charge is 2.31. The minimum absolute atomic E-state index is 0.444. The van der Waals surface area contributed by atoms with Crippen molar-refractivity contribution in [2.45, 2.75) is 44.2 Å². The van der Waals surface area contributed by atoms with Gasteiger partial charge in [0, 0.05) is 18.0 Å². The Labute approximate surface area is 211 Å². The third-order valence-corrected chi connectivity index (χ3v) is 7.44. The van der Waals surface area contributed by atoms with E-state index in [1.165, 1.54) is 0 Å². The number of fused-ring (bicyclic) bond motifs is 1. The lowest BCUT2D eigenvalue weighted by Crippen LogP contribution is -2.91. The van der Waals surface area contributed by atoms with E-state index in [-0.39, 0.29) is 0 Å². The number of quaternary nitrogens is 1. The van der Waals surface area contributed by atoms with Crippen LogP contribution in [-0.2, 0) is 6.42 Å². The zero-order chi connectivity index (χ0) is 24.1. The first-order chi connectivity index (χ1) is 16.5.